The fraction of sp³-hybridized carbons (Fsp3) is 0.600. The van der Waals surface area contributed by atoms with Crippen molar-refractivity contribution in [1.29, 1.82) is 0 Å². The molecule has 0 aliphatic heterocycles. The van der Waals surface area contributed by atoms with Gasteiger partial charge in [-0.15, -0.1) is 0 Å². The van der Waals surface area contributed by atoms with Gasteiger partial charge < -0.3 is 20.6 Å². The summed E-state index contributed by atoms with van der Waals surface area (Å²) in [4.78, 5) is 0. The van der Waals surface area contributed by atoms with E-state index in [1.54, 1.807) is 6.07 Å². The van der Waals surface area contributed by atoms with E-state index in [2.05, 4.69) is 12.2 Å². The first-order valence-corrected chi connectivity index (χ1v) is 7.01. The van der Waals surface area contributed by atoms with Gasteiger partial charge in [-0.05, 0) is 30.7 Å². The SMILES string of the molecule is CCC1(CNCc2ccc(O)c(O)c2O)CCCC1. The molecule has 1 aromatic carbocycles. The molecule has 0 radical (unpaired) electrons. The van der Waals surface area contributed by atoms with E-state index < -0.39 is 5.75 Å². The van der Waals surface area contributed by atoms with Gasteiger partial charge in [0.1, 0.15) is 0 Å². The van der Waals surface area contributed by atoms with Crippen LogP contribution in [0, 0.1) is 5.41 Å². The zero-order chi connectivity index (χ0) is 13.9. The molecule has 0 atom stereocenters. The van der Waals surface area contributed by atoms with Crippen molar-refractivity contribution >= 4 is 0 Å². The van der Waals surface area contributed by atoms with Crippen molar-refractivity contribution in [2.45, 2.75) is 45.6 Å². The lowest BCUT2D eigenvalue weighted by Crippen LogP contribution is -2.31. The van der Waals surface area contributed by atoms with Crippen molar-refractivity contribution < 1.29 is 15.3 Å². The summed E-state index contributed by atoms with van der Waals surface area (Å²) in [6, 6.07) is 3.03. The summed E-state index contributed by atoms with van der Waals surface area (Å²) in [6.07, 6.45) is 6.32. The van der Waals surface area contributed by atoms with Gasteiger partial charge in [0.25, 0.3) is 0 Å². The lowest BCUT2D eigenvalue weighted by molar-refractivity contribution is 0.267. The molecule has 1 fully saturated rings. The van der Waals surface area contributed by atoms with Gasteiger partial charge in [-0.3, -0.25) is 0 Å². The molecule has 0 unspecified atom stereocenters. The molecular weight excluding hydrogens is 242 g/mol. The van der Waals surface area contributed by atoms with Crippen LogP contribution in [0.25, 0.3) is 0 Å². The van der Waals surface area contributed by atoms with E-state index in [1.165, 1.54) is 38.2 Å². The van der Waals surface area contributed by atoms with Crippen LogP contribution >= 0.6 is 0 Å². The molecule has 4 heteroatoms. The highest BCUT2D eigenvalue weighted by Gasteiger charge is 2.31. The third-order valence-electron chi connectivity index (χ3n) is 4.44. The molecule has 0 heterocycles. The van der Waals surface area contributed by atoms with E-state index in [4.69, 9.17) is 0 Å². The van der Waals surface area contributed by atoms with Crippen molar-refractivity contribution in [2.24, 2.45) is 5.41 Å². The lowest BCUT2D eigenvalue weighted by Gasteiger charge is -2.28. The Morgan fingerprint density at radius 3 is 2.42 bits per heavy atom. The van der Waals surface area contributed by atoms with E-state index in [-0.39, 0.29) is 11.5 Å². The molecule has 1 aliphatic carbocycles. The van der Waals surface area contributed by atoms with E-state index >= 15 is 0 Å². The van der Waals surface area contributed by atoms with Gasteiger partial charge in [0, 0.05) is 18.7 Å². The molecule has 4 nitrogen and oxygen atoms in total. The van der Waals surface area contributed by atoms with Crippen LogP contribution in [0.5, 0.6) is 17.2 Å². The molecule has 1 saturated carbocycles. The average Bonchev–Trinajstić information content (AvgIpc) is 2.88. The molecule has 19 heavy (non-hydrogen) atoms. The van der Waals surface area contributed by atoms with Crippen LogP contribution in [0.15, 0.2) is 12.1 Å². The molecular formula is C15H23NO3. The Kier molecular flexibility index (Phi) is 4.20. The molecule has 0 saturated heterocycles. The number of benzene rings is 1. The topological polar surface area (TPSA) is 72.7 Å². The predicted octanol–water partition coefficient (Wildman–Crippen LogP) is 2.86. The number of hydrogen-bond acceptors (Lipinski definition) is 4. The van der Waals surface area contributed by atoms with Crippen molar-refractivity contribution in [3.63, 3.8) is 0 Å². The zero-order valence-electron chi connectivity index (χ0n) is 11.4. The monoisotopic (exact) mass is 265 g/mol. The lowest BCUT2D eigenvalue weighted by atomic mass is 9.83. The Bertz CT molecular complexity index is 439. The third-order valence-corrected chi connectivity index (χ3v) is 4.44. The van der Waals surface area contributed by atoms with Crippen molar-refractivity contribution in [3.05, 3.63) is 17.7 Å². The number of rotatable bonds is 5. The van der Waals surface area contributed by atoms with Gasteiger partial charge in [0.2, 0.25) is 5.75 Å². The van der Waals surface area contributed by atoms with Gasteiger partial charge in [-0.2, -0.15) is 0 Å². The molecule has 106 valence electrons. The minimum atomic E-state index is -0.439. The molecule has 0 aromatic heterocycles. The quantitative estimate of drug-likeness (QED) is 0.618. The molecule has 4 N–H and O–H groups in total. The Morgan fingerprint density at radius 2 is 1.79 bits per heavy atom. The van der Waals surface area contributed by atoms with E-state index in [0.717, 1.165) is 6.54 Å². The highest BCUT2D eigenvalue weighted by atomic mass is 16.3. The second kappa shape index (κ2) is 5.70. The third kappa shape index (κ3) is 2.95. The van der Waals surface area contributed by atoms with Crippen molar-refractivity contribution in [1.82, 2.24) is 5.32 Å². The summed E-state index contributed by atoms with van der Waals surface area (Å²) >= 11 is 0. The summed E-state index contributed by atoms with van der Waals surface area (Å²) in [5.74, 6) is -0.961. The van der Waals surface area contributed by atoms with Crippen LogP contribution in [-0.2, 0) is 6.54 Å². The fourth-order valence-electron chi connectivity index (χ4n) is 3.00. The second-order valence-corrected chi connectivity index (χ2v) is 5.61. The summed E-state index contributed by atoms with van der Waals surface area (Å²) < 4.78 is 0. The highest BCUT2D eigenvalue weighted by Crippen LogP contribution is 2.41. The number of hydrogen-bond donors (Lipinski definition) is 4. The predicted molar refractivity (Wildman–Crippen MR) is 74.3 cm³/mol. The van der Waals surface area contributed by atoms with Gasteiger partial charge in [-0.25, -0.2) is 0 Å². The molecule has 0 amide bonds. The number of phenolic OH excluding ortho intramolecular Hbond substituents is 3. The normalized spacial score (nSPS) is 17.7. The maximum absolute atomic E-state index is 9.74. The van der Waals surface area contributed by atoms with E-state index in [0.29, 0.717) is 17.5 Å². The van der Waals surface area contributed by atoms with Crippen LogP contribution in [-0.4, -0.2) is 21.9 Å². The van der Waals surface area contributed by atoms with E-state index in [1.807, 2.05) is 0 Å². The van der Waals surface area contributed by atoms with Crippen LogP contribution in [0.2, 0.25) is 0 Å². The summed E-state index contributed by atoms with van der Waals surface area (Å²) in [6.45, 7) is 3.67. The van der Waals surface area contributed by atoms with Gasteiger partial charge in [0.15, 0.2) is 11.5 Å². The number of aromatic hydroxyl groups is 3. The van der Waals surface area contributed by atoms with Crippen LogP contribution in [0.4, 0.5) is 0 Å². The van der Waals surface area contributed by atoms with Gasteiger partial charge in [0.05, 0.1) is 0 Å². The Morgan fingerprint density at radius 1 is 1.11 bits per heavy atom. The summed E-state index contributed by atoms with van der Waals surface area (Å²) in [5, 5.41) is 31.9. The molecule has 0 spiro atoms. The van der Waals surface area contributed by atoms with Crippen molar-refractivity contribution in [3.8, 4) is 17.2 Å². The van der Waals surface area contributed by atoms with Crippen LogP contribution in [0.3, 0.4) is 0 Å². The first-order chi connectivity index (χ1) is 9.08. The Hall–Kier alpha value is -1.42. The molecule has 1 aliphatic rings. The van der Waals surface area contributed by atoms with E-state index in [9.17, 15) is 15.3 Å². The largest absolute Gasteiger partial charge is 0.504 e. The second-order valence-electron chi connectivity index (χ2n) is 5.61. The molecule has 2 rings (SSSR count). The smallest absolute Gasteiger partial charge is 0.200 e. The number of nitrogens with one attached hydrogen (secondary N) is 1. The molecule has 1 aromatic rings. The summed E-state index contributed by atoms with van der Waals surface area (Å²) in [7, 11) is 0. The van der Waals surface area contributed by atoms with Crippen LogP contribution in [0.1, 0.15) is 44.6 Å². The standard InChI is InChI=1S/C15H23NO3/c1-2-15(7-3-4-8-15)10-16-9-11-5-6-12(17)14(19)13(11)18/h5-6,16-19H,2-4,7-10H2,1H3. The zero-order valence-corrected chi connectivity index (χ0v) is 11.4. The Balaban J connectivity index is 1.94. The minimum Gasteiger partial charge on any atom is -0.504 e. The number of phenols is 3. The van der Waals surface area contributed by atoms with Gasteiger partial charge in [-0.1, -0.05) is 25.8 Å². The maximum Gasteiger partial charge on any atom is 0.200 e. The summed E-state index contributed by atoms with van der Waals surface area (Å²) in [5.41, 5.74) is 1.01. The van der Waals surface area contributed by atoms with Crippen molar-refractivity contribution in [2.75, 3.05) is 6.54 Å². The first-order valence-electron chi connectivity index (χ1n) is 7.01. The fourth-order valence-corrected chi connectivity index (χ4v) is 3.00. The maximum atomic E-state index is 9.74. The van der Waals surface area contributed by atoms with Crippen LogP contribution < -0.4 is 5.32 Å². The molecule has 0 bridgehead atoms. The first kappa shape index (κ1) is 14.0. The Labute approximate surface area is 114 Å². The highest BCUT2D eigenvalue weighted by molar-refractivity contribution is 5.52. The van der Waals surface area contributed by atoms with Gasteiger partial charge >= 0.3 is 0 Å². The minimum absolute atomic E-state index is 0.232. The average molecular weight is 265 g/mol.